The molecule has 1 N–H and O–H groups in total. The number of alkyl halides is 1. The highest BCUT2D eigenvalue weighted by molar-refractivity contribution is 5.85. The molecule has 1 saturated heterocycles. The van der Waals surface area contributed by atoms with E-state index in [0.29, 0.717) is 12.1 Å². The van der Waals surface area contributed by atoms with Gasteiger partial charge in [0.15, 0.2) is 0 Å². The van der Waals surface area contributed by atoms with Gasteiger partial charge in [-0.15, -0.1) is 0 Å². The lowest BCUT2D eigenvalue weighted by Crippen LogP contribution is -2.45. The summed E-state index contributed by atoms with van der Waals surface area (Å²) in [4.78, 5) is 13.2. The number of hydrogen-bond acceptors (Lipinski definition) is 2. The van der Waals surface area contributed by atoms with Crippen molar-refractivity contribution in [3.63, 3.8) is 0 Å². The summed E-state index contributed by atoms with van der Waals surface area (Å²) in [6.45, 7) is 0.612. The van der Waals surface area contributed by atoms with Crippen molar-refractivity contribution < 1.29 is 13.6 Å². The van der Waals surface area contributed by atoms with Crippen LogP contribution in [0.3, 0.4) is 0 Å². The first-order chi connectivity index (χ1) is 8.53. The number of carbonyl (C=O) groups is 1. The van der Waals surface area contributed by atoms with Gasteiger partial charge in [0, 0.05) is 32.1 Å². The number of nitrogens with one attached hydrogen (secondary N) is 1. The zero-order valence-corrected chi connectivity index (χ0v) is 10.2. The van der Waals surface area contributed by atoms with Crippen LogP contribution in [-0.4, -0.2) is 36.6 Å². The molecular weight excluding hydrogens is 238 g/mol. The van der Waals surface area contributed by atoms with Gasteiger partial charge in [0.1, 0.15) is 5.82 Å². The first-order valence-corrected chi connectivity index (χ1v) is 5.91. The second kappa shape index (κ2) is 5.02. The molecular formula is C13H16F2N2O. The van der Waals surface area contributed by atoms with Gasteiger partial charge in [-0.25, -0.2) is 8.78 Å². The molecule has 1 atom stereocenters. The van der Waals surface area contributed by atoms with Crippen LogP contribution in [0.15, 0.2) is 24.3 Å². The average molecular weight is 254 g/mol. The van der Waals surface area contributed by atoms with Gasteiger partial charge in [-0.05, 0) is 12.6 Å². The molecule has 18 heavy (non-hydrogen) atoms. The van der Waals surface area contributed by atoms with E-state index in [1.54, 1.807) is 18.2 Å². The standard InChI is InChI=1S/C13H16F2N2O/c1-17(8-10-4-2-3-5-11(10)14)12(18)13(15)6-7-16-9-13/h2-5,16H,6-9H2,1H3. The van der Waals surface area contributed by atoms with Gasteiger partial charge in [-0.2, -0.15) is 0 Å². The summed E-state index contributed by atoms with van der Waals surface area (Å²) in [6, 6.07) is 6.20. The molecule has 0 radical (unpaired) electrons. The lowest BCUT2D eigenvalue weighted by atomic mass is 10.0. The highest BCUT2D eigenvalue weighted by atomic mass is 19.1. The zero-order chi connectivity index (χ0) is 13.2. The number of benzene rings is 1. The van der Waals surface area contributed by atoms with E-state index in [-0.39, 0.29) is 25.3 Å². The Morgan fingerprint density at radius 3 is 2.83 bits per heavy atom. The first kappa shape index (κ1) is 13.0. The van der Waals surface area contributed by atoms with Crippen LogP contribution < -0.4 is 5.32 Å². The fourth-order valence-electron chi connectivity index (χ4n) is 2.14. The molecule has 1 aliphatic rings. The van der Waals surface area contributed by atoms with E-state index in [9.17, 15) is 13.6 Å². The minimum absolute atomic E-state index is 0.0352. The van der Waals surface area contributed by atoms with Crippen LogP contribution in [0.25, 0.3) is 0 Å². The second-order valence-electron chi connectivity index (χ2n) is 4.64. The van der Waals surface area contributed by atoms with Crippen LogP contribution in [0.1, 0.15) is 12.0 Å². The fraction of sp³-hybridized carbons (Fsp3) is 0.462. The molecule has 0 aliphatic carbocycles. The fourth-order valence-corrected chi connectivity index (χ4v) is 2.14. The first-order valence-electron chi connectivity index (χ1n) is 5.91. The van der Waals surface area contributed by atoms with E-state index in [0.717, 1.165) is 0 Å². The van der Waals surface area contributed by atoms with Crippen molar-refractivity contribution in [2.45, 2.75) is 18.6 Å². The minimum atomic E-state index is -1.85. The van der Waals surface area contributed by atoms with E-state index < -0.39 is 11.6 Å². The zero-order valence-electron chi connectivity index (χ0n) is 10.2. The third-order valence-electron chi connectivity index (χ3n) is 3.20. The topological polar surface area (TPSA) is 32.3 Å². The molecule has 1 amide bonds. The van der Waals surface area contributed by atoms with Gasteiger partial charge in [0.2, 0.25) is 5.67 Å². The summed E-state index contributed by atoms with van der Waals surface area (Å²) < 4.78 is 27.7. The lowest BCUT2D eigenvalue weighted by molar-refractivity contribution is -0.142. The van der Waals surface area contributed by atoms with Crippen molar-refractivity contribution in [2.24, 2.45) is 0 Å². The quantitative estimate of drug-likeness (QED) is 0.886. The minimum Gasteiger partial charge on any atom is -0.339 e. The Bertz CT molecular complexity index is 444. The lowest BCUT2D eigenvalue weighted by Gasteiger charge is -2.25. The Hall–Kier alpha value is -1.49. The van der Waals surface area contributed by atoms with E-state index >= 15 is 0 Å². The molecule has 1 unspecified atom stereocenters. The van der Waals surface area contributed by atoms with Crippen LogP contribution in [0.2, 0.25) is 0 Å². The summed E-state index contributed by atoms with van der Waals surface area (Å²) in [5, 5.41) is 2.83. The van der Waals surface area contributed by atoms with E-state index in [4.69, 9.17) is 0 Å². The maximum Gasteiger partial charge on any atom is 0.261 e. The van der Waals surface area contributed by atoms with Gasteiger partial charge >= 0.3 is 0 Å². The number of rotatable bonds is 3. The third-order valence-corrected chi connectivity index (χ3v) is 3.20. The molecule has 1 aliphatic heterocycles. The smallest absolute Gasteiger partial charge is 0.261 e. The number of halogens is 2. The molecule has 0 bridgehead atoms. The predicted octanol–water partition coefficient (Wildman–Crippen LogP) is 1.49. The van der Waals surface area contributed by atoms with Gasteiger partial charge in [0.05, 0.1) is 0 Å². The maximum atomic E-state index is 14.2. The van der Waals surface area contributed by atoms with Crippen molar-refractivity contribution in [2.75, 3.05) is 20.1 Å². The molecule has 1 aromatic carbocycles. The second-order valence-corrected chi connectivity index (χ2v) is 4.64. The number of hydrogen-bond donors (Lipinski definition) is 1. The molecule has 3 nitrogen and oxygen atoms in total. The normalized spacial score (nSPS) is 23.1. The van der Waals surface area contributed by atoms with Crippen molar-refractivity contribution in [3.05, 3.63) is 35.6 Å². The van der Waals surface area contributed by atoms with Crippen molar-refractivity contribution in [1.82, 2.24) is 10.2 Å². The number of amides is 1. The average Bonchev–Trinajstić information content (AvgIpc) is 2.79. The predicted molar refractivity (Wildman–Crippen MR) is 64.2 cm³/mol. The summed E-state index contributed by atoms with van der Waals surface area (Å²) in [6.07, 6.45) is 0.174. The summed E-state index contributed by atoms with van der Waals surface area (Å²) >= 11 is 0. The van der Waals surface area contributed by atoms with E-state index in [2.05, 4.69) is 5.32 Å². The van der Waals surface area contributed by atoms with E-state index in [1.807, 2.05) is 0 Å². The number of carbonyl (C=O) groups excluding carboxylic acids is 1. The summed E-state index contributed by atoms with van der Waals surface area (Å²) in [5.74, 6) is -0.967. The summed E-state index contributed by atoms with van der Waals surface area (Å²) in [7, 11) is 1.49. The highest BCUT2D eigenvalue weighted by Gasteiger charge is 2.43. The molecule has 1 heterocycles. The van der Waals surface area contributed by atoms with Gasteiger partial charge in [-0.1, -0.05) is 18.2 Å². The Morgan fingerprint density at radius 2 is 2.22 bits per heavy atom. The highest BCUT2D eigenvalue weighted by Crippen LogP contribution is 2.23. The Kier molecular flexibility index (Phi) is 3.61. The molecule has 1 aromatic rings. The molecule has 5 heteroatoms. The maximum absolute atomic E-state index is 14.2. The third kappa shape index (κ3) is 2.51. The Labute approximate surface area is 105 Å². The van der Waals surface area contributed by atoms with Crippen molar-refractivity contribution in [1.29, 1.82) is 0 Å². The number of nitrogens with zero attached hydrogens (tertiary/aromatic N) is 1. The van der Waals surface area contributed by atoms with E-state index in [1.165, 1.54) is 18.0 Å². The monoisotopic (exact) mass is 254 g/mol. The van der Waals surface area contributed by atoms with Crippen LogP contribution >= 0.6 is 0 Å². The van der Waals surface area contributed by atoms with Crippen molar-refractivity contribution in [3.8, 4) is 0 Å². The molecule has 0 aromatic heterocycles. The summed E-state index contributed by atoms with van der Waals surface area (Å²) in [5.41, 5.74) is -1.46. The largest absolute Gasteiger partial charge is 0.339 e. The Morgan fingerprint density at radius 1 is 1.50 bits per heavy atom. The van der Waals surface area contributed by atoms with Crippen molar-refractivity contribution >= 4 is 5.91 Å². The Balaban J connectivity index is 2.06. The van der Waals surface area contributed by atoms with Gasteiger partial charge in [-0.3, -0.25) is 4.79 Å². The van der Waals surface area contributed by atoms with Crippen LogP contribution in [-0.2, 0) is 11.3 Å². The van der Waals surface area contributed by atoms with Crippen LogP contribution in [0.5, 0.6) is 0 Å². The molecule has 98 valence electrons. The van der Waals surface area contributed by atoms with Crippen LogP contribution in [0.4, 0.5) is 8.78 Å². The molecule has 2 rings (SSSR count). The van der Waals surface area contributed by atoms with Crippen LogP contribution in [0, 0.1) is 5.82 Å². The molecule has 0 saturated carbocycles. The van der Waals surface area contributed by atoms with Gasteiger partial charge in [0.25, 0.3) is 5.91 Å². The van der Waals surface area contributed by atoms with Gasteiger partial charge < -0.3 is 10.2 Å². The molecule has 1 fully saturated rings. The SMILES string of the molecule is CN(Cc1ccccc1F)C(=O)C1(F)CCNC1. The molecule has 0 spiro atoms.